The summed E-state index contributed by atoms with van der Waals surface area (Å²) in [6, 6.07) is 8.74. The van der Waals surface area contributed by atoms with Crippen molar-refractivity contribution in [1.82, 2.24) is 9.29 Å². The van der Waals surface area contributed by atoms with Gasteiger partial charge in [-0.1, -0.05) is 13.0 Å². The first-order valence-electron chi connectivity index (χ1n) is 7.00. The van der Waals surface area contributed by atoms with E-state index in [0.29, 0.717) is 24.5 Å². The van der Waals surface area contributed by atoms with E-state index in [1.54, 1.807) is 30.5 Å². The molecule has 5 nitrogen and oxygen atoms in total. The third kappa shape index (κ3) is 2.54. The van der Waals surface area contributed by atoms with Crippen molar-refractivity contribution in [3.8, 4) is 0 Å². The van der Waals surface area contributed by atoms with E-state index in [2.05, 4.69) is 4.98 Å². The molecule has 2 aromatic rings. The first-order valence-corrected chi connectivity index (χ1v) is 8.44. The fraction of sp³-hybridized carbons (Fsp3) is 0.400. The summed E-state index contributed by atoms with van der Waals surface area (Å²) < 4.78 is 27.0. The minimum absolute atomic E-state index is 0.120. The molecule has 1 aromatic carbocycles. The maximum Gasteiger partial charge on any atom is 0.243 e. The Balaban J connectivity index is 1.97. The molecule has 1 atom stereocenters. The van der Waals surface area contributed by atoms with Crippen LogP contribution in [0.1, 0.15) is 13.3 Å². The maximum atomic E-state index is 12.7. The van der Waals surface area contributed by atoms with Crippen LogP contribution >= 0.6 is 0 Å². The van der Waals surface area contributed by atoms with Gasteiger partial charge in [-0.2, -0.15) is 4.31 Å². The minimum Gasteiger partial charge on any atom is -0.330 e. The van der Waals surface area contributed by atoms with Crippen LogP contribution in [-0.2, 0) is 10.0 Å². The lowest BCUT2D eigenvalue weighted by atomic mass is 9.90. The molecule has 0 amide bonds. The molecule has 2 N–H and O–H groups in total. The third-order valence-corrected chi connectivity index (χ3v) is 6.07. The first kappa shape index (κ1) is 14.4. The molecular weight excluding hydrogens is 286 g/mol. The Morgan fingerprint density at radius 1 is 1.38 bits per heavy atom. The summed E-state index contributed by atoms with van der Waals surface area (Å²) in [5, 5.41) is 0.833. The molecule has 1 unspecified atom stereocenters. The molecule has 0 bridgehead atoms. The number of benzene rings is 1. The fourth-order valence-corrected chi connectivity index (χ4v) is 4.34. The van der Waals surface area contributed by atoms with Crippen LogP contribution in [-0.4, -0.2) is 37.3 Å². The quantitative estimate of drug-likeness (QED) is 0.934. The molecule has 2 heterocycles. The zero-order valence-electron chi connectivity index (χ0n) is 12.0. The van der Waals surface area contributed by atoms with E-state index in [4.69, 9.17) is 5.73 Å². The number of hydrogen-bond donors (Lipinski definition) is 1. The van der Waals surface area contributed by atoms with Crippen LogP contribution in [0.4, 0.5) is 0 Å². The smallest absolute Gasteiger partial charge is 0.243 e. The van der Waals surface area contributed by atoms with Gasteiger partial charge in [0.05, 0.1) is 10.4 Å². The predicted molar refractivity (Wildman–Crippen MR) is 82.3 cm³/mol. The summed E-state index contributed by atoms with van der Waals surface area (Å²) >= 11 is 0. The van der Waals surface area contributed by atoms with Gasteiger partial charge in [0.25, 0.3) is 0 Å². The second-order valence-electron chi connectivity index (χ2n) is 5.96. The Bertz CT molecular complexity index is 775. The van der Waals surface area contributed by atoms with Crippen molar-refractivity contribution in [2.45, 2.75) is 18.2 Å². The van der Waals surface area contributed by atoms with Gasteiger partial charge in [0.2, 0.25) is 10.0 Å². The number of aromatic nitrogens is 1. The molecule has 0 spiro atoms. The molecule has 3 rings (SSSR count). The highest BCUT2D eigenvalue weighted by Gasteiger charge is 2.38. The van der Waals surface area contributed by atoms with Gasteiger partial charge in [0.15, 0.2) is 0 Å². The van der Waals surface area contributed by atoms with Crippen LogP contribution < -0.4 is 5.73 Å². The molecule has 1 saturated heterocycles. The highest BCUT2D eigenvalue weighted by molar-refractivity contribution is 7.89. The summed E-state index contributed by atoms with van der Waals surface area (Å²) in [5.41, 5.74) is 6.43. The number of nitrogens with two attached hydrogens (primary N) is 1. The van der Waals surface area contributed by atoms with Crippen molar-refractivity contribution in [3.63, 3.8) is 0 Å². The van der Waals surface area contributed by atoms with Crippen molar-refractivity contribution in [2.24, 2.45) is 11.1 Å². The molecule has 112 valence electrons. The van der Waals surface area contributed by atoms with E-state index in [0.717, 1.165) is 17.3 Å². The van der Waals surface area contributed by atoms with Crippen molar-refractivity contribution in [1.29, 1.82) is 0 Å². The van der Waals surface area contributed by atoms with Crippen LogP contribution in [0.15, 0.2) is 41.4 Å². The average molecular weight is 305 g/mol. The highest BCUT2D eigenvalue weighted by Crippen LogP contribution is 2.33. The average Bonchev–Trinajstić information content (AvgIpc) is 2.91. The SMILES string of the molecule is CC1(CN)CCN(S(=O)(=O)c2ccc3ncccc3c2)C1. The Labute approximate surface area is 124 Å². The second-order valence-corrected chi connectivity index (χ2v) is 7.90. The molecule has 0 aliphatic carbocycles. The van der Waals surface area contributed by atoms with E-state index in [1.165, 1.54) is 4.31 Å². The Morgan fingerprint density at radius 3 is 2.90 bits per heavy atom. The van der Waals surface area contributed by atoms with Crippen molar-refractivity contribution < 1.29 is 8.42 Å². The summed E-state index contributed by atoms with van der Waals surface area (Å²) in [5.74, 6) is 0. The molecular formula is C15H19N3O2S. The molecule has 1 aromatic heterocycles. The summed E-state index contributed by atoms with van der Waals surface area (Å²) in [6.45, 7) is 3.55. The molecule has 6 heteroatoms. The largest absolute Gasteiger partial charge is 0.330 e. The van der Waals surface area contributed by atoms with Gasteiger partial charge in [-0.3, -0.25) is 4.98 Å². The van der Waals surface area contributed by atoms with Crippen LogP contribution in [0.5, 0.6) is 0 Å². The second kappa shape index (κ2) is 5.05. The van der Waals surface area contributed by atoms with Crippen molar-refractivity contribution in [3.05, 3.63) is 36.5 Å². The highest BCUT2D eigenvalue weighted by atomic mass is 32.2. The number of fused-ring (bicyclic) bond motifs is 1. The topological polar surface area (TPSA) is 76.3 Å². The molecule has 0 saturated carbocycles. The normalized spacial score (nSPS) is 23.7. The molecule has 1 aliphatic heterocycles. The zero-order chi connectivity index (χ0) is 15.1. The number of sulfonamides is 1. The molecule has 0 radical (unpaired) electrons. The minimum atomic E-state index is -3.46. The van der Waals surface area contributed by atoms with Crippen LogP contribution in [0.2, 0.25) is 0 Å². The van der Waals surface area contributed by atoms with Crippen LogP contribution in [0.25, 0.3) is 10.9 Å². The summed E-state index contributed by atoms with van der Waals surface area (Å²) in [6.07, 6.45) is 2.50. The van der Waals surface area contributed by atoms with Gasteiger partial charge in [0, 0.05) is 24.7 Å². The maximum absolute atomic E-state index is 12.7. The first-order chi connectivity index (χ1) is 9.94. The monoisotopic (exact) mass is 305 g/mol. The van der Waals surface area contributed by atoms with E-state index >= 15 is 0 Å². The van der Waals surface area contributed by atoms with Gasteiger partial charge < -0.3 is 5.73 Å². The van der Waals surface area contributed by atoms with Gasteiger partial charge in [-0.15, -0.1) is 0 Å². The van der Waals surface area contributed by atoms with Gasteiger partial charge in [0.1, 0.15) is 0 Å². The van der Waals surface area contributed by atoms with Gasteiger partial charge in [-0.25, -0.2) is 8.42 Å². The number of rotatable bonds is 3. The third-order valence-electron chi connectivity index (χ3n) is 4.23. The Morgan fingerprint density at radius 2 is 2.19 bits per heavy atom. The van der Waals surface area contributed by atoms with Crippen LogP contribution in [0.3, 0.4) is 0 Å². The Kier molecular flexibility index (Phi) is 3.47. The lowest BCUT2D eigenvalue weighted by Gasteiger charge is -2.22. The standard InChI is InChI=1S/C15H19N3O2S/c1-15(10-16)6-8-18(11-15)21(19,20)13-4-5-14-12(9-13)3-2-7-17-14/h2-5,7,9H,6,8,10-11,16H2,1H3. The number of nitrogens with zero attached hydrogens (tertiary/aromatic N) is 2. The van der Waals surface area contributed by atoms with E-state index in [-0.39, 0.29) is 5.41 Å². The van der Waals surface area contributed by atoms with Crippen LogP contribution in [0, 0.1) is 5.41 Å². The van der Waals surface area contributed by atoms with E-state index in [9.17, 15) is 8.42 Å². The lowest BCUT2D eigenvalue weighted by molar-refractivity contribution is 0.349. The predicted octanol–water partition coefficient (Wildman–Crippen LogP) is 1.59. The van der Waals surface area contributed by atoms with Crippen molar-refractivity contribution in [2.75, 3.05) is 19.6 Å². The van der Waals surface area contributed by atoms with Gasteiger partial charge >= 0.3 is 0 Å². The molecule has 1 aliphatic rings. The fourth-order valence-electron chi connectivity index (χ4n) is 2.71. The molecule has 1 fully saturated rings. The summed E-state index contributed by atoms with van der Waals surface area (Å²) in [4.78, 5) is 4.54. The van der Waals surface area contributed by atoms with E-state index < -0.39 is 10.0 Å². The number of pyridine rings is 1. The lowest BCUT2D eigenvalue weighted by Crippen LogP contribution is -2.34. The zero-order valence-corrected chi connectivity index (χ0v) is 12.8. The number of hydrogen-bond acceptors (Lipinski definition) is 4. The summed E-state index contributed by atoms with van der Waals surface area (Å²) in [7, 11) is -3.46. The van der Waals surface area contributed by atoms with E-state index in [1.807, 2.05) is 13.0 Å². The van der Waals surface area contributed by atoms with Gasteiger partial charge in [-0.05, 0) is 42.6 Å². The Hall–Kier alpha value is -1.50. The van der Waals surface area contributed by atoms with Crippen molar-refractivity contribution >= 4 is 20.9 Å². The molecule has 21 heavy (non-hydrogen) atoms.